The van der Waals surface area contributed by atoms with Crippen molar-refractivity contribution in [3.8, 4) is 0 Å². The van der Waals surface area contributed by atoms with Crippen LogP contribution in [0.15, 0.2) is 0 Å². The van der Waals surface area contributed by atoms with Gasteiger partial charge in [-0.3, -0.25) is 4.55 Å². The summed E-state index contributed by atoms with van der Waals surface area (Å²) in [6.45, 7) is 8.01. The molecule has 0 fully saturated rings. The summed E-state index contributed by atoms with van der Waals surface area (Å²) >= 11 is 0. The molecule has 0 aliphatic rings. The SMILES string of the molecule is CC(C)C(N)C(O)C(C)C.CS(=O)(=O)O. The molecule has 0 aliphatic heterocycles. The van der Waals surface area contributed by atoms with Crippen molar-refractivity contribution in [3.05, 3.63) is 0 Å². The standard InChI is InChI=1S/C8H19NO.CH4O3S/c1-5(2)7(9)8(10)6(3)4;1-5(2,3)4/h5-8,10H,9H2,1-4H3;1H3,(H,2,3,4). The zero-order valence-electron chi connectivity index (χ0n) is 10.0. The van der Waals surface area contributed by atoms with Crippen LogP contribution in [0.25, 0.3) is 0 Å². The Morgan fingerprint density at radius 1 is 1.07 bits per heavy atom. The van der Waals surface area contributed by atoms with E-state index in [0.29, 0.717) is 12.2 Å². The van der Waals surface area contributed by atoms with Gasteiger partial charge in [0, 0.05) is 6.04 Å². The van der Waals surface area contributed by atoms with Gasteiger partial charge in [0.1, 0.15) is 0 Å². The molecule has 0 saturated heterocycles. The zero-order valence-corrected chi connectivity index (χ0v) is 10.8. The predicted octanol–water partition coefficient (Wildman–Crippen LogP) is 0.491. The van der Waals surface area contributed by atoms with Crippen molar-refractivity contribution < 1.29 is 18.1 Å². The van der Waals surface area contributed by atoms with Crippen molar-refractivity contribution in [1.82, 2.24) is 0 Å². The van der Waals surface area contributed by atoms with Crippen LogP contribution < -0.4 is 5.73 Å². The molecule has 0 spiro atoms. The van der Waals surface area contributed by atoms with Gasteiger partial charge in [0.25, 0.3) is 10.1 Å². The summed E-state index contributed by atoms with van der Waals surface area (Å²) in [6, 6.07) is -0.0833. The molecule has 0 amide bonds. The molecule has 4 N–H and O–H groups in total. The maximum Gasteiger partial charge on any atom is 0.261 e. The third-order valence-corrected chi connectivity index (χ3v) is 1.85. The minimum atomic E-state index is -3.67. The molecule has 94 valence electrons. The normalized spacial score (nSPS) is 15.9. The topological polar surface area (TPSA) is 101 Å². The molecule has 0 saturated carbocycles. The first-order valence-corrected chi connectivity index (χ1v) is 6.67. The molecule has 0 aliphatic carbocycles. The Kier molecular flexibility index (Phi) is 8.23. The summed E-state index contributed by atoms with van der Waals surface area (Å²) in [5.41, 5.74) is 5.71. The smallest absolute Gasteiger partial charge is 0.261 e. The quantitative estimate of drug-likeness (QED) is 0.624. The third-order valence-electron chi connectivity index (χ3n) is 1.85. The second-order valence-electron chi connectivity index (χ2n) is 4.29. The molecule has 0 aromatic carbocycles. The second kappa shape index (κ2) is 7.16. The van der Waals surface area contributed by atoms with Crippen molar-refractivity contribution in [3.63, 3.8) is 0 Å². The largest absolute Gasteiger partial charge is 0.391 e. The van der Waals surface area contributed by atoms with Crippen molar-refractivity contribution in [2.75, 3.05) is 6.26 Å². The first kappa shape index (κ1) is 17.2. The average Bonchev–Trinajstić information content (AvgIpc) is 1.98. The van der Waals surface area contributed by atoms with Crippen molar-refractivity contribution in [2.45, 2.75) is 39.8 Å². The fourth-order valence-electron chi connectivity index (χ4n) is 0.839. The number of hydrogen-bond acceptors (Lipinski definition) is 4. The van der Waals surface area contributed by atoms with Crippen molar-refractivity contribution in [2.24, 2.45) is 17.6 Å². The average molecular weight is 241 g/mol. The monoisotopic (exact) mass is 241 g/mol. The third kappa shape index (κ3) is 13.8. The molecule has 5 nitrogen and oxygen atoms in total. The molecule has 0 aromatic rings. The van der Waals surface area contributed by atoms with Crippen molar-refractivity contribution >= 4 is 10.1 Å². The number of aliphatic hydroxyl groups excluding tert-OH is 1. The molecule has 2 unspecified atom stereocenters. The predicted molar refractivity (Wildman–Crippen MR) is 61.1 cm³/mol. The van der Waals surface area contributed by atoms with Crippen LogP contribution in [-0.2, 0) is 10.1 Å². The Morgan fingerprint density at radius 3 is 1.40 bits per heavy atom. The van der Waals surface area contributed by atoms with E-state index in [4.69, 9.17) is 10.3 Å². The van der Waals surface area contributed by atoms with Crippen LogP contribution in [0.2, 0.25) is 0 Å². The fraction of sp³-hybridized carbons (Fsp3) is 1.00. The number of rotatable bonds is 3. The molecular formula is C9H23NO4S. The molecule has 2 atom stereocenters. The van der Waals surface area contributed by atoms with E-state index in [1.165, 1.54) is 0 Å². The van der Waals surface area contributed by atoms with Gasteiger partial charge in [-0.2, -0.15) is 8.42 Å². The highest BCUT2D eigenvalue weighted by Gasteiger charge is 2.20. The maximum atomic E-state index is 9.44. The summed E-state index contributed by atoms with van der Waals surface area (Å²) in [6.07, 6.45) is 0.354. The molecule has 0 aromatic heterocycles. The van der Waals surface area contributed by atoms with Gasteiger partial charge in [-0.1, -0.05) is 27.7 Å². The Labute approximate surface area is 92.4 Å². The van der Waals surface area contributed by atoms with Gasteiger partial charge >= 0.3 is 0 Å². The van der Waals surface area contributed by atoms with Gasteiger partial charge in [0.2, 0.25) is 0 Å². The van der Waals surface area contributed by atoms with Crippen LogP contribution >= 0.6 is 0 Å². The van der Waals surface area contributed by atoms with Gasteiger partial charge in [0.05, 0.1) is 12.4 Å². The zero-order chi connectivity index (χ0) is 12.8. The van der Waals surface area contributed by atoms with Crippen LogP contribution in [0.5, 0.6) is 0 Å². The number of hydrogen-bond donors (Lipinski definition) is 3. The van der Waals surface area contributed by atoms with E-state index in [-0.39, 0.29) is 18.1 Å². The van der Waals surface area contributed by atoms with Crippen LogP contribution in [0.3, 0.4) is 0 Å². The highest BCUT2D eigenvalue weighted by molar-refractivity contribution is 7.85. The van der Waals surface area contributed by atoms with E-state index in [9.17, 15) is 13.5 Å². The maximum absolute atomic E-state index is 9.44. The second-order valence-corrected chi connectivity index (χ2v) is 5.76. The molecule has 0 rings (SSSR count). The summed E-state index contributed by atoms with van der Waals surface area (Å²) < 4.78 is 25.9. The van der Waals surface area contributed by atoms with E-state index in [0.717, 1.165) is 0 Å². The van der Waals surface area contributed by atoms with Crippen LogP contribution in [0, 0.1) is 11.8 Å². The fourth-order valence-corrected chi connectivity index (χ4v) is 0.839. The lowest BCUT2D eigenvalue weighted by molar-refractivity contribution is 0.0813. The van der Waals surface area contributed by atoms with Gasteiger partial charge in [0.15, 0.2) is 0 Å². The van der Waals surface area contributed by atoms with Crippen LogP contribution in [0.4, 0.5) is 0 Å². The van der Waals surface area contributed by atoms with E-state index in [1.807, 2.05) is 27.7 Å². The first-order chi connectivity index (χ1) is 6.46. The van der Waals surface area contributed by atoms with Crippen LogP contribution in [0.1, 0.15) is 27.7 Å². The highest BCUT2D eigenvalue weighted by atomic mass is 32.2. The summed E-state index contributed by atoms with van der Waals surface area (Å²) in [5.74, 6) is 0.620. The molecule has 15 heavy (non-hydrogen) atoms. The number of aliphatic hydroxyl groups is 1. The summed E-state index contributed by atoms with van der Waals surface area (Å²) in [4.78, 5) is 0. The van der Waals surface area contributed by atoms with Gasteiger partial charge in [-0.25, -0.2) is 0 Å². The first-order valence-electron chi connectivity index (χ1n) is 4.83. The van der Waals surface area contributed by atoms with Gasteiger partial charge < -0.3 is 10.8 Å². The Hall–Kier alpha value is -0.170. The highest BCUT2D eigenvalue weighted by Crippen LogP contribution is 2.10. The Balaban J connectivity index is 0. The molecular weight excluding hydrogens is 218 g/mol. The van der Waals surface area contributed by atoms with Crippen LogP contribution in [-0.4, -0.2) is 36.5 Å². The molecule has 0 heterocycles. The lowest BCUT2D eigenvalue weighted by Gasteiger charge is -2.24. The van der Waals surface area contributed by atoms with Crippen molar-refractivity contribution in [1.29, 1.82) is 0 Å². The summed E-state index contributed by atoms with van der Waals surface area (Å²) in [5, 5.41) is 9.44. The molecule has 6 heteroatoms. The van der Waals surface area contributed by atoms with Gasteiger partial charge in [-0.15, -0.1) is 0 Å². The van der Waals surface area contributed by atoms with Gasteiger partial charge in [-0.05, 0) is 11.8 Å². The van der Waals surface area contributed by atoms with E-state index >= 15 is 0 Å². The molecule has 0 radical (unpaired) electrons. The van der Waals surface area contributed by atoms with E-state index in [2.05, 4.69) is 0 Å². The minimum Gasteiger partial charge on any atom is -0.391 e. The Bertz CT molecular complexity index is 229. The molecule has 0 bridgehead atoms. The lowest BCUT2D eigenvalue weighted by atomic mass is 9.92. The lowest BCUT2D eigenvalue weighted by Crippen LogP contribution is -2.42. The Morgan fingerprint density at radius 2 is 1.33 bits per heavy atom. The summed E-state index contributed by atoms with van der Waals surface area (Å²) in [7, 11) is -3.67. The number of nitrogens with two attached hydrogens (primary N) is 1. The van der Waals surface area contributed by atoms with E-state index in [1.54, 1.807) is 0 Å². The minimum absolute atomic E-state index is 0.0833. The van der Waals surface area contributed by atoms with E-state index < -0.39 is 10.1 Å².